The number of rotatable bonds is 5. The van der Waals surface area contributed by atoms with Crippen molar-refractivity contribution in [2.24, 2.45) is 5.73 Å². The van der Waals surface area contributed by atoms with Gasteiger partial charge in [-0.05, 0) is 37.3 Å². The molecule has 7 nitrogen and oxygen atoms in total. The molecule has 0 radical (unpaired) electrons. The second kappa shape index (κ2) is 10.5. The van der Waals surface area contributed by atoms with E-state index in [1.54, 1.807) is 6.92 Å². The summed E-state index contributed by atoms with van der Waals surface area (Å²) in [5.74, 6) is -5.34. The van der Waals surface area contributed by atoms with Crippen molar-refractivity contribution in [1.82, 2.24) is 4.57 Å². The average Bonchev–Trinajstić information content (AvgIpc) is 3.17. The van der Waals surface area contributed by atoms with Crippen LogP contribution in [0.4, 0.5) is 8.78 Å². The molecular weight excluding hydrogens is 549 g/mol. The van der Waals surface area contributed by atoms with Crippen molar-refractivity contribution < 1.29 is 27.8 Å². The number of nitrogens with two attached hydrogens (primary N) is 1. The Kier molecular flexibility index (Phi) is 7.54. The van der Waals surface area contributed by atoms with Gasteiger partial charge in [0.2, 0.25) is 0 Å². The van der Waals surface area contributed by atoms with E-state index in [-0.39, 0.29) is 48.1 Å². The van der Waals surface area contributed by atoms with Gasteiger partial charge in [-0.25, -0.2) is 18.4 Å². The number of fused-ring (bicyclic) bond motifs is 1. The van der Waals surface area contributed by atoms with Crippen LogP contribution in [0.15, 0.2) is 46.8 Å². The minimum atomic E-state index is -1.47. The Morgan fingerprint density at radius 2 is 1.73 bits per heavy atom. The molecule has 0 spiro atoms. The number of thiazole rings is 1. The molecule has 2 heterocycles. The average molecular weight is 567 g/mol. The molecule has 0 fully saturated rings. The van der Waals surface area contributed by atoms with Crippen molar-refractivity contribution in [3.8, 4) is 0 Å². The molecule has 37 heavy (non-hydrogen) atoms. The van der Waals surface area contributed by atoms with Crippen molar-refractivity contribution in [2.45, 2.75) is 12.8 Å². The number of ether oxygens (including phenoxy) is 2. The van der Waals surface area contributed by atoms with E-state index < -0.39 is 40.9 Å². The molecular formula is C25H18Cl2F2N2O5S. The van der Waals surface area contributed by atoms with Gasteiger partial charge < -0.3 is 15.2 Å². The molecule has 0 saturated heterocycles. The van der Waals surface area contributed by atoms with Gasteiger partial charge in [0.15, 0.2) is 0 Å². The Hall–Kier alpha value is -3.47. The third-order valence-corrected chi connectivity index (χ3v) is 7.38. The standard InChI is InChI=1S/C25H18Cl2F2N2O5S/c1-3-36-25(34)19-18(17-13(27)7-5-9-15(17)29)20(24(33)35-2)23-31(21(19)30)22(32)16(37-23)10-11-12(26)6-4-8-14(11)28/h4-10,18H,3,30H2,1-2H3/b16-10-/t18-/m1/s1. The predicted molar refractivity (Wildman–Crippen MR) is 136 cm³/mol. The smallest absolute Gasteiger partial charge is 0.338 e. The molecule has 1 atom stereocenters. The van der Waals surface area contributed by atoms with E-state index >= 15 is 4.39 Å². The number of hydrogen-bond donors (Lipinski definition) is 1. The zero-order chi connectivity index (χ0) is 27.0. The lowest BCUT2D eigenvalue weighted by molar-refractivity contribution is -0.138. The van der Waals surface area contributed by atoms with Crippen molar-refractivity contribution in [1.29, 1.82) is 0 Å². The van der Waals surface area contributed by atoms with Gasteiger partial charge in [-0.1, -0.05) is 35.3 Å². The number of carbonyl (C=O) groups is 2. The Morgan fingerprint density at radius 3 is 2.32 bits per heavy atom. The maximum absolute atomic E-state index is 15.2. The monoisotopic (exact) mass is 566 g/mol. The number of aromatic nitrogens is 1. The summed E-state index contributed by atoms with van der Waals surface area (Å²) in [6.07, 6.45) is 1.20. The molecule has 12 heteroatoms. The Balaban J connectivity index is 2.20. The Morgan fingerprint density at radius 1 is 1.08 bits per heavy atom. The van der Waals surface area contributed by atoms with Crippen molar-refractivity contribution in [3.05, 3.63) is 94.3 Å². The Labute approximate surface area is 222 Å². The molecule has 3 aromatic rings. The van der Waals surface area contributed by atoms with Crippen LogP contribution in [0.25, 0.3) is 17.5 Å². The van der Waals surface area contributed by atoms with Crippen LogP contribution in [0.3, 0.4) is 0 Å². The number of methoxy groups -OCH3 is 1. The predicted octanol–water partition coefficient (Wildman–Crippen LogP) is 3.14. The summed E-state index contributed by atoms with van der Waals surface area (Å²) in [6, 6.07) is 7.84. The number of halogens is 4. The fourth-order valence-electron chi connectivity index (χ4n) is 4.02. The van der Waals surface area contributed by atoms with Gasteiger partial charge in [0.1, 0.15) is 22.1 Å². The number of hydrogen-bond acceptors (Lipinski definition) is 7. The topological polar surface area (TPSA) is 101 Å². The van der Waals surface area contributed by atoms with Gasteiger partial charge in [-0.3, -0.25) is 9.36 Å². The van der Waals surface area contributed by atoms with Crippen LogP contribution >= 0.6 is 34.5 Å². The van der Waals surface area contributed by atoms with Crippen LogP contribution in [0.1, 0.15) is 24.0 Å². The minimum absolute atomic E-state index is 0.0414. The summed E-state index contributed by atoms with van der Waals surface area (Å²) in [6.45, 7) is 1.47. The molecule has 1 aromatic heterocycles. The van der Waals surface area contributed by atoms with Crippen LogP contribution in [0.5, 0.6) is 0 Å². The lowest BCUT2D eigenvalue weighted by Gasteiger charge is -2.27. The lowest BCUT2D eigenvalue weighted by atomic mass is 9.83. The molecule has 0 amide bonds. The van der Waals surface area contributed by atoms with Gasteiger partial charge in [0, 0.05) is 16.1 Å². The fraction of sp³-hybridized carbons (Fsp3) is 0.160. The number of carbonyl (C=O) groups excluding carboxylic acids is 2. The molecule has 1 aliphatic rings. The van der Waals surface area contributed by atoms with E-state index in [0.717, 1.165) is 35.1 Å². The van der Waals surface area contributed by atoms with Gasteiger partial charge in [-0.15, -0.1) is 11.3 Å². The second-order valence-electron chi connectivity index (χ2n) is 7.68. The number of nitrogens with zero attached hydrogens (tertiary/aromatic N) is 1. The molecule has 192 valence electrons. The molecule has 0 bridgehead atoms. The Bertz CT molecular complexity index is 1620. The summed E-state index contributed by atoms with van der Waals surface area (Å²) in [5.41, 5.74) is 4.61. The first-order valence-electron chi connectivity index (χ1n) is 10.7. The molecule has 2 aromatic carbocycles. The highest BCUT2D eigenvalue weighted by Crippen LogP contribution is 2.41. The second-order valence-corrected chi connectivity index (χ2v) is 9.53. The van der Waals surface area contributed by atoms with E-state index in [1.807, 2.05) is 0 Å². The van der Waals surface area contributed by atoms with Gasteiger partial charge in [-0.2, -0.15) is 0 Å². The van der Waals surface area contributed by atoms with E-state index in [2.05, 4.69) is 0 Å². The molecule has 0 unspecified atom stereocenters. The molecule has 0 saturated carbocycles. The highest BCUT2D eigenvalue weighted by atomic mass is 35.5. The van der Waals surface area contributed by atoms with E-state index in [1.165, 1.54) is 30.3 Å². The van der Waals surface area contributed by atoms with Crippen LogP contribution in [-0.4, -0.2) is 30.2 Å². The lowest BCUT2D eigenvalue weighted by Crippen LogP contribution is -2.42. The van der Waals surface area contributed by atoms with E-state index in [9.17, 15) is 18.8 Å². The fourth-order valence-corrected chi connectivity index (χ4v) is 5.66. The molecule has 4 rings (SSSR count). The summed E-state index contributed by atoms with van der Waals surface area (Å²) < 4.78 is 40.5. The van der Waals surface area contributed by atoms with Crippen molar-refractivity contribution in [2.75, 3.05) is 13.7 Å². The quantitative estimate of drug-likeness (QED) is 0.476. The summed E-state index contributed by atoms with van der Waals surface area (Å²) in [4.78, 5) is 39.7. The summed E-state index contributed by atoms with van der Waals surface area (Å²) >= 11 is 13.2. The summed E-state index contributed by atoms with van der Waals surface area (Å²) in [5, 5.41) is -0.0574. The SMILES string of the molecule is CCOC(=O)C1=C(N)n2c(s/c(=C\c3c(F)cccc3Cl)c2=O)=C(C(=O)OC)[C@@H]1c1c(F)cccc1Cl. The van der Waals surface area contributed by atoms with Gasteiger partial charge >= 0.3 is 11.9 Å². The maximum Gasteiger partial charge on any atom is 0.338 e. The van der Waals surface area contributed by atoms with Gasteiger partial charge in [0.25, 0.3) is 5.56 Å². The van der Waals surface area contributed by atoms with Crippen LogP contribution in [-0.2, 0) is 19.1 Å². The minimum Gasteiger partial charge on any atom is -0.466 e. The van der Waals surface area contributed by atoms with Crippen LogP contribution < -0.4 is 20.5 Å². The molecule has 1 aliphatic heterocycles. The molecule has 2 N–H and O–H groups in total. The highest BCUT2D eigenvalue weighted by molar-refractivity contribution is 7.07. The highest BCUT2D eigenvalue weighted by Gasteiger charge is 2.41. The van der Waals surface area contributed by atoms with Crippen molar-refractivity contribution in [3.63, 3.8) is 0 Å². The van der Waals surface area contributed by atoms with Crippen LogP contribution in [0.2, 0.25) is 10.0 Å². The maximum atomic E-state index is 15.2. The zero-order valence-corrected chi connectivity index (χ0v) is 21.6. The zero-order valence-electron chi connectivity index (χ0n) is 19.3. The van der Waals surface area contributed by atoms with Crippen LogP contribution in [0, 0.1) is 11.6 Å². The largest absolute Gasteiger partial charge is 0.466 e. The number of esters is 2. The molecule has 0 aliphatic carbocycles. The first-order valence-corrected chi connectivity index (χ1v) is 12.3. The first-order chi connectivity index (χ1) is 17.6. The normalized spacial score (nSPS) is 15.6. The third-order valence-electron chi connectivity index (χ3n) is 5.61. The van der Waals surface area contributed by atoms with E-state index in [4.69, 9.17) is 38.4 Å². The number of benzene rings is 2. The first kappa shape index (κ1) is 26.6. The summed E-state index contributed by atoms with van der Waals surface area (Å²) in [7, 11) is 1.09. The van der Waals surface area contributed by atoms with Gasteiger partial charge in [0.05, 0.1) is 40.3 Å². The third kappa shape index (κ3) is 4.56. The van der Waals surface area contributed by atoms with Crippen molar-refractivity contribution >= 4 is 63.9 Å². The van der Waals surface area contributed by atoms with E-state index in [0.29, 0.717) is 0 Å².